The molecule has 0 spiro atoms. The third kappa shape index (κ3) is 2.03. The molecule has 0 radical (unpaired) electrons. The highest BCUT2D eigenvalue weighted by Crippen LogP contribution is 2.24. The summed E-state index contributed by atoms with van der Waals surface area (Å²) in [7, 11) is 0. The first-order chi connectivity index (χ1) is 9.66. The molecule has 0 saturated heterocycles. The molecule has 0 aliphatic carbocycles. The monoisotopic (exact) mass is 270 g/mol. The van der Waals surface area contributed by atoms with Crippen molar-refractivity contribution in [1.82, 2.24) is 29.7 Å². The van der Waals surface area contributed by atoms with Gasteiger partial charge in [0.15, 0.2) is 0 Å². The average molecular weight is 270 g/mol. The molecule has 0 atom stereocenters. The van der Waals surface area contributed by atoms with Gasteiger partial charge in [0.2, 0.25) is 5.95 Å². The van der Waals surface area contributed by atoms with Crippen LogP contribution in [0, 0.1) is 0 Å². The van der Waals surface area contributed by atoms with E-state index in [1.807, 2.05) is 13.8 Å². The van der Waals surface area contributed by atoms with E-state index < -0.39 is 0 Å². The van der Waals surface area contributed by atoms with E-state index >= 15 is 0 Å². The summed E-state index contributed by atoms with van der Waals surface area (Å²) >= 11 is 0. The fraction of sp³-hybridized carbons (Fsp3) is 0.231. The Morgan fingerprint density at radius 1 is 1.35 bits per heavy atom. The molecule has 20 heavy (non-hydrogen) atoms. The van der Waals surface area contributed by atoms with Crippen LogP contribution in [0.25, 0.3) is 17.2 Å². The number of H-pyrrole nitrogens is 2. The smallest absolute Gasteiger partial charge is 0.256 e. The second-order valence-corrected chi connectivity index (χ2v) is 4.76. The Kier molecular flexibility index (Phi) is 2.94. The van der Waals surface area contributed by atoms with Crippen LogP contribution in [-0.4, -0.2) is 29.7 Å². The summed E-state index contributed by atoms with van der Waals surface area (Å²) in [5.74, 6) is 0.501. The van der Waals surface area contributed by atoms with E-state index in [1.54, 1.807) is 35.7 Å². The summed E-state index contributed by atoms with van der Waals surface area (Å²) in [4.78, 5) is 23.6. The molecule has 102 valence electrons. The molecule has 3 aromatic rings. The first-order valence-electron chi connectivity index (χ1n) is 6.28. The van der Waals surface area contributed by atoms with Crippen LogP contribution in [0.1, 0.15) is 25.3 Å². The van der Waals surface area contributed by atoms with E-state index in [9.17, 15) is 4.79 Å². The Bertz CT molecular complexity index is 755. The van der Waals surface area contributed by atoms with Crippen molar-refractivity contribution in [3.05, 3.63) is 47.0 Å². The number of nitrogens with one attached hydrogen (secondary N) is 2. The summed E-state index contributed by atoms with van der Waals surface area (Å²) in [6.45, 7) is 3.93. The van der Waals surface area contributed by atoms with Crippen molar-refractivity contribution in [3.8, 4) is 17.2 Å². The lowest BCUT2D eigenvalue weighted by molar-refractivity contribution is 0.814. The van der Waals surface area contributed by atoms with E-state index in [0.717, 1.165) is 5.56 Å². The molecule has 0 unspecified atom stereocenters. The molecular formula is C13H14N6O. The van der Waals surface area contributed by atoms with Crippen LogP contribution in [-0.2, 0) is 0 Å². The number of aromatic nitrogens is 6. The number of hydrogen-bond donors (Lipinski definition) is 2. The first kappa shape index (κ1) is 12.3. The minimum atomic E-state index is -0.144. The number of aromatic amines is 2. The molecule has 0 aromatic carbocycles. The maximum Gasteiger partial charge on any atom is 0.256 e. The molecule has 0 bridgehead atoms. The number of rotatable bonds is 3. The highest BCUT2D eigenvalue weighted by atomic mass is 16.1. The zero-order chi connectivity index (χ0) is 14.1. The van der Waals surface area contributed by atoms with Crippen LogP contribution in [0.2, 0.25) is 0 Å². The molecule has 3 rings (SSSR count). The van der Waals surface area contributed by atoms with Gasteiger partial charge in [0, 0.05) is 29.7 Å². The standard InChI is InChI=1S/C13H14N6O/c1-8(2)10-11(9-5-15-16-6-9)17-13(18-12(10)20)19-4-3-14-7-19/h3-8H,1-2H3,(H,15,16)(H,17,18,20). The number of hydrogen-bond acceptors (Lipinski definition) is 4. The first-order valence-corrected chi connectivity index (χ1v) is 6.28. The average Bonchev–Trinajstić information content (AvgIpc) is 3.11. The molecule has 0 fully saturated rings. The van der Waals surface area contributed by atoms with Gasteiger partial charge in [0.05, 0.1) is 11.9 Å². The topological polar surface area (TPSA) is 92.2 Å². The van der Waals surface area contributed by atoms with Gasteiger partial charge >= 0.3 is 0 Å². The summed E-state index contributed by atoms with van der Waals surface area (Å²) in [6, 6.07) is 0. The van der Waals surface area contributed by atoms with Crippen molar-refractivity contribution in [2.45, 2.75) is 19.8 Å². The Hall–Kier alpha value is -2.70. The van der Waals surface area contributed by atoms with Gasteiger partial charge in [-0.05, 0) is 5.92 Å². The molecule has 7 nitrogen and oxygen atoms in total. The fourth-order valence-electron chi connectivity index (χ4n) is 2.11. The van der Waals surface area contributed by atoms with Gasteiger partial charge < -0.3 is 0 Å². The van der Waals surface area contributed by atoms with Crippen LogP contribution in [0.3, 0.4) is 0 Å². The molecule has 7 heteroatoms. The molecular weight excluding hydrogens is 256 g/mol. The third-order valence-electron chi connectivity index (χ3n) is 3.04. The molecule has 3 aromatic heterocycles. The Morgan fingerprint density at radius 2 is 2.20 bits per heavy atom. The molecule has 0 amide bonds. The summed E-state index contributed by atoms with van der Waals surface area (Å²) in [5.41, 5.74) is 1.94. The third-order valence-corrected chi connectivity index (χ3v) is 3.04. The SMILES string of the molecule is CC(C)c1c(-c2cn[nH]c2)nc(-n2ccnc2)[nH]c1=O. The van der Waals surface area contributed by atoms with E-state index in [2.05, 4.69) is 25.1 Å². The van der Waals surface area contributed by atoms with Crippen LogP contribution < -0.4 is 5.56 Å². The Balaban J connectivity index is 2.27. The van der Waals surface area contributed by atoms with Gasteiger partial charge in [0.25, 0.3) is 5.56 Å². The Morgan fingerprint density at radius 3 is 2.80 bits per heavy atom. The van der Waals surface area contributed by atoms with Gasteiger partial charge in [-0.25, -0.2) is 9.97 Å². The van der Waals surface area contributed by atoms with Gasteiger partial charge in [-0.2, -0.15) is 5.10 Å². The normalized spacial score (nSPS) is 11.2. The minimum Gasteiger partial charge on any atom is -0.292 e. The van der Waals surface area contributed by atoms with Crippen LogP contribution in [0.4, 0.5) is 0 Å². The molecule has 0 aliphatic heterocycles. The maximum atomic E-state index is 12.3. The second-order valence-electron chi connectivity index (χ2n) is 4.76. The van der Waals surface area contributed by atoms with Gasteiger partial charge in [-0.1, -0.05) is 13.8 Å². The second kappa shape index (κ2) is 4.76. The van der Waals surface area contributed by atoms with E-state index in [1.165, 1.54) is 0 Å². The van der Waals surface area contributed by atoms with Crippen molar-refractivity contribution in [3.63, 3.8) is 0 Å². The van der Waals surface area contributed by atoms with Crippen LogP contribution in [0.5, 0.6) is 0 Å². The maximum absolute atomic E-state index is 12.3. The van der Waals surface area contributed by atoms with Gasteiger partial charge in [0.1, 0.15) is 6.33 Å². The predicted octanol–water partition coefficient (Wildman–Crippen LogP) is 1.47. The summed E-state index contributed by atoms with van der Waals surface area (Å²) < 4.78 is 1.66. The molecule has 0 saturated carbocycles. The van der Waals surface area contributed by atoms with Crippen molar-refractivity contribution in [2.24, 2.45) is 0 Å². The highest BCUT2D eigenvalue weighted by Gasteiger charge is 2.17. The lowest BCUT2D eigenvalue weighted by Gasteiger charge is -2.11. The fourth-order valence-corrected chi connectivity index (χ4v) is 2.11. The highest BCUT2D eigenvalue weighted by molar-refractivity contribution is 5.62. The van der Waals surface area contributed by atoms with E-state index in [-0.39, 0.29) is 11.5 Å². The molecule has 0 aliphatic rings. The van der Waals surface area contributed by atoms with Crippen molar-refractivity contribution in [2.75, 3.05) is 0 Å². The van der Waals surface area contributed by atoms with Crippen LogP contribution in [0.15, 0.2) is 35.9 Å². The molecule has 2 N–H and O–H groups in total. The van der Waals surface area contributed by atoms with Gasteiger partial charge in [-0.15, -0.1) is 0 Å². The van der Waals surface area contributed by atoms with Crippen molar-refractivity contribution in [1.29, 1.82) is 0 Å². The van der Waals surface area contributed by atoms with Crippen molar-refractivity contribution < 1.29 is 0 Å². The lowest BCUT2D eigenvalue weighted by Crippen LogP contribution is -2.20. The van der Waals surface area contributed by atoms with Crippen LogP contribution >= 0.6 is 0 Å². The minimum absolute atomic E-state index is 0.0630. The lowest BCUT2D eigenvalue weighted by atomic mass is 10.0. The van der Waals surface area contributed by atoms with E-state index in [0.29, 0.717) is 17.2 Å². The predicted molar refractivity (Wildman–Crippen MR) is 73.7 cm³/mol. The Labute approximate surface area is 114 Å². The van der Waals surface area contributed by atoms with Gasteiger partial charge in [-0.3, -0.25) is 19.4 Å². The zero-order valence-corrected chi connectivity index (χ0v) is 11.2. The summed E-state index contributed by atoms with van der Waals surface area (Å²) in [5, 5.41) is 6.67. The summed E-state index contributed by atoms with van der Waals surface area (Å²) in [6.07, 6.45) is 8.34. The largest absolute Gasteiger partial charge is 0.292 e. The zero-order valence-electron chi connectivity index (χ0n) is 11.2. The number of nitrogens with zero attached hydrogens (tertiary/aromatic N) is 4. The van der Waals surface area contributed by atoms with E-state index in [4.69, 9.17) is 0 Å². The quantitative estimate of drug-likeness (QED) is 0.753. The number of imidazole rings is 1. The molecule has 3 heterocycles. The van der Waals surface area contributed by atoms with Crippen molar-refractivity contribution >= 4 is 0 Å².